The van der Waals surface area contributed by atoms with Gasteiger partial charge in [-0.2, -0.15) is 0 Å². The van der Waals surface area contributed by atoms with Gasteiger partial charge in [-0.25, -0.2) is 14.8 Å². The van der Waals surface area contributed by atoms with Crippen LogP contribution in [0, 0.1) is 0 Å². The molecule has 34 heavy (non-hydrogen) atoms. The van der Waals surface area contributed by atoms with Gasteiger partial charge in [-0.15, -0.1) is 0 Å². The van der Waals surface area contributed by atoms with Crippen LogP contribution < -0.4 is 16.0 Å². The highest BCUT2D eigenvalue weighted by Crippen LogP contribution is 2.24. The third-order valence-corrected chi connectivity index (χ3v) is 5.47. The number of hydrogen-bond donors (Lipinski definition) is 3. The van der Waals surface area contributed by atoms with Crippen molar-refractivity contribution in [2.75, 3.05) is 31.5 Å². The summed E-state index contributed by atoms with van der Waals surface area (Å²) in [6, 6.07) is 21.5. The highest BCUT2D eigenvalue weighted by molar-refractivity contribution is 6.02. The lowest BCUT2D eigenvalue weighted by atomic mass is 10.1. The van der Waals surface area contributed by atoms with E-state index in [9.17, 15) is 19.2 Å². The Morgan fingerprint density at radius 1 is 0.735 bits per heavy atom. The zero-order valence-corrected chi connectivity index (χ0v) is 18.5. The molecule has 9 nitrogen and oxygen atoms in total. The fraction of sp³-hybridized carbons (Fsp3) is 0.200. The standard InChI is InChI=1S/C25H25N5O4/c31-22(16-27-24(33)19-9-2-1-3-10-19)26-17-23(32)29-14-7-15-30(29)25(34)28-21-13-6-11-18-8-4-5-12-20(18)21/h1-6,8-13H,7,14-17H2,(H,26,31)(H,27,33)(H,28,34). The summed E-state index contributed by atoms with van der Waals surface area (Å²) in [7, 11) is 0. The van der Waals surface area contributed by atoms with Crippen LogP contribution in [-0.2, 0) is 9.59 Å². The van der Waals surface area contributed by atoms with E-state index in [1.807, 2.05) is 42.5 Å². The maximum absolute atomic E-state index is 12.9. The molecule has 0 bridgehead atoms. The van der Waals surface area contributed by atoms with Crippen molar-refractivity contribution < 1.29 is 19.2 Å². The van der Waals surface area contributed by atoms with Gasteiger partial charge in [0, 0.05) is 24.0 Å². The maximum atomic E-state index is 12.9. The lowest BCUT2D eigenvalue weighted by molar-refractivity contribution is -0.140. The van der Waals surface area contributed by atoms with Crippen molar-refractivity contribution in [1.82, 2.24) is 20.7 Å². The zero-order valence-electron chi connectivity index (χ0n) is 18.5. The topological polar surface area (TPSA) is 111 Å². The van der Waals surface area contributed by atoms with Crippen molar-refractivity contribution in [2.45, 2.75) is 6.42 Å². The number of carbonyl (C=O) groups excluding carboxylic acids is 4. The Morgan fingerprint density at radius 3 is 2.26 bits per heavy atom. The van der Waals surface area contributed by atoms with Crippen molar-refractivity contribution in [3.8, 4) is 0 Å². The molecule has 1 aliphatic heterocycles. The Bertz CT molecular complexity index is 1210. The number of carbonyl (C=O) groups is 4. The summed E-state index contributed by atoms with van der Waals surface area (Å²) >= 11 is 0. The number of urea groups is 1. The largest absolute Gasteiger partial charge is 0.345 e. The van der Waals surface area contributed by atoms with E-state index in [2.05, 4.69) is 16.0 Å². The molecule has 0 aliphatic carbocycles. The monoisotopic (exact) mass is 459 g/mol. The van der Waals surface area contributed by atoms with Crippen LogP contribution in [0.5, 0.6) is 0 Å². The molecule has 3 aromatic carbocycles. The summed E-state index contributed by atoms with van der Waals surface area (Å²) in [5.74, 6) is -1.28. The first-order valence-corrected chi connectivity index (χ1v) is 11.0. The normalized spacial score (nSPS) is 12.9. The second kappa shape index (κ2) is 10.5. The molecule has 0 unspecified atom stereocenters. The van der Waals surface area contributed by atoms with E-state index in [1.165, 1.54) is 10.0 Å². The highest BCUT2D eigenvalue weighted by Gasteiger charge is 2.31. The van der Waals surface area contributed by atoms with Crippen LogP contribution in [0.25, 0.3) is 10.8 Å². The van der Waals surface area contributed by atoms with Crippen LogP contribution in [0.4, 0.5) is 10.5 Å². The molecule has 4 rings (SSSR count). The minimum absolute atomic E-state index is 0.258. The van der Waals surface area contributed by atoms with Gasteiger partial charge in [0.15, 0.2) is 0 Å². The van der Waals surface area contributed by atoms with Gasteiger partial charge in [0.05, 0.1) is 18.8 Å². The molecule has 3 aromatic rings. The molecule has 0 radical (unpaired) electrons. The predicted molar refractivity (Wildman–Crippen MR) is 128 cm³/mol. The summed E-state index contributed by atoms with van der Waals surface area (Å²) in [6.07, 6.45) is 0.635. The van der Waals surface area contributed by atoms with Gasteiger partial charge >= 0.3 is 6.03 Å². The van der Waals surface area contributed by atoms with Crippen LogP contribution in [0.1, 0.15) is 16.8 Å². The first-order valence-electron chi connectivity index (χ1n) is 11.0. The average Bonchev–Trinajstić information content (AvgIpc) is 3.37. The van der Waals surface area contributed by atoms with Gasteiger partial charge < -0.3 is 16.0 Å². The quantitative estimate of drug-likeness (QED) is 0.526. The molecule has 0 atom stereocenters. The maximum Gasteiger partial charge on any atom is 0.340 e. The van der Waals surface area contributed by atoms with E-state index in [0.29, 0.717) is 30.8 Å². The Kier molecular flexibility index (Phi) is 7.02. The smallest absolute Gasteiger partial charge is 0.340 e. The Balaban J connectivity index is 1.29. The van der Waals surface area contributed by atoms with Crippen LogP contribution in [0.2, 0.25) is 0 Å². The number of hydrazine groups is 1. The number of nitrogens with one attached hydrogen (secondary N) is 3. The second-order valence-corrected chi connectivity index (χ2v) is 7.78. The highest BCUT2D eigenvalue weighted by atomic mass is 16.2. The van der Waals surface area contributed by atoms with Gasteiger partial charge in [0.2, 0.25) is 5.91 Å². The fourth-order valence-electron chi connectivity index (χ4n) is 3.78. The lowest BCUT2D eigenvalue weighted by Crippen LogP contribution is -2.50. The number of hydrogen-bond acceptors (Lipinski definition) is 4. The molecule has 1 heterocycles. The number of benzene rings is 3. The van der Waals surface area contributed by atoms with Crippen LogP contribution in [0.15, 0.2) is 72.8 Å². The van der Waals surface area contributed by atoms with Gasteiger partial charge in [-0.05, 0) is 30.0 Å². The van der Waals surface area contributed by atoms with Crippen molar-refractivity contribution in [3.63, 3.8) is 0 Å². The Hall–Kier alpha value is -4.40. The minimum atomic E-state index is -0.497. The molecule has 3 N–H and O–H groups in total. The summed E-state index contributed by atoms with van der Waals surface area (Å²) < 4.78 is 0. The molecule has 1 fully saturated rings. The zero-order chi connectivity index (χ0) is 23.9. The first-order chi connectivity index (χ1) is 16.5. The minimum Gasteiger partial charge on any atom is -0.345 e. The fourth-order valence-corrected chi connectivity index (χ4v) is 3.78. The molecule has 1 saturated heterocycles. The molecule has 174 valence electrons. The number of anilines is 1. The SMILES string of the molecule is O=C(CNC(=O)c1ccccc1)NCC(=O)N1CCCN1C(=O)Nc1cccc2ccccc12. The van der Waals surface area contributed by atoms with Gasteiger partial charge in [0.1, 0.15) is 0 Å². The second-order valence-electron chi connectivity index (χ2n) is 7.78. The Labute approximate surface area is 196 Å². The van der Waals surface area contributed by atoms with Crippen LogP contribution in [0.3, 0.4) is 0 Å². The summed E-state index contributed by atoms with van der Waals surface area (Å²) in [5, 5.41) is 12.5. The van der Waals surface area contributed by atoms with Crippen molar-refractivity contribution in [1.29, 1.82) is 0 Å². The molecular formula is C25H25N5O4. The third-order valence-electron chi connectivity index (χ3n) is 5.47. The van der Waals surface area contributed by atoms with E-state index in [0.717, 1.165) is 10.8 Å². The molecular weight excluding hydrogens is 434 g/mol. The summed E-state index contributed by atoms with van der Waals surface area (Å²) in [6.45, 7) is 0.232. The predicted octanol–water partition coefficient (Wildman–Crippen LogP) is 2.37. The Morgan fingerprint density at radius 2 is 1.44 bits per heavy atom. The van der Waals surface area contributed by atoms with E-state index < -0.39 is 17.8 Å². The van der Waals surface area contributed by atoms with Crippen LogP contribution >= 0.6 is 0 Å². The third kappa shape index (κ3) is 5.32. The van der Waals surface area contributed by atoms with Crippen molar-refractivity contribution >= 4 is 40.2 Å². The lowest BCUT2D eigenvalue weighted by Gasteiger charge is -2.28. The number of nitrogens with zero attached hydrogens (tertiary/aromatic N) is 2. The van der Waals surface area contributed by atoms with Gasteiger partial charge in [-0.1, -0.05) is 54.6 Å². The number of rotatable bonds is 6. The van der Waals surface area contributed by atoms with E-state index in [4.69, 9.17) is 0 Å². The molecule has 0 saturated carbocycles. The van der Waals surface area contributed by atoms with E-state index >= 15 is 0 Å². The average molecular weight is 460 g/mol. The molecule has 0 aromatic heterocycles. The van der Waals surface area contributed by atoms with E-state index in [-0.39, 0.29) is 19.0 Å². The molecule has 1 aliphatic rings. The van der Waals surface area contributed by atoms with Crippen molar-refractivity contribution in [2.24, 2.45) is 0 Å². The van der Waals surface area contributed by atoms with Crippen molar-refractivity contribution in [3.05, 3.63) is 78.4 Å². The number of amides is 5. The van der Waals surface area contributed by atoms with E-state index in [1.54, 1.807) is 30.3 Å². The molecule has 0 spiro atoms. The van der Waals surface area contributed by atoms with Gasteiger partial charge in [0.25, 0.3) is 11.8 Å². The number of fused-ring (bicyclic) bond motifs is 1. The molecule has 5 amide bonds. The van der Waals surface area contributed by atoms with Gasteiger partial charge in [-0.3, -0.25) is 14.4 Å². The first kappa shape index (κ1) is 22.8. The van der Waals surface area contributed by atoms with Crippen LogP contribution in [-0.4, -0.2) is 59.9 Å². The summed E-state index contributed by atoms with van der Waals surface area (Å²) in [5.41, 5.74) is 1.10. The molecule has 9 heteroatoms. The summed E-state index contributed by atoms with van der Waals surface area (Å²) in [4.78, 5) is 49.7.